The maximum absolute atomic E-state index is 11.4. The number of hydrogen-bond acceptors (Lipinski definition) is 7. The molecule has 0 aliphatic heterocycles. The standard InChI is InChI=1S/C39H33N3O6S2/c1-27-2-10-31(11-3-27)40-33-14-6-29(7-15-33)39(30-8-16-34(17-9-30)42-36-20-24-38(25-21-36)50(46,47)48)26-28-4-12-32(13-5-28)41-35-18-22-37(23-19-35)49(43,44)45/h2-25,41-42H,26H2,1H3,(H,43,44,45)(H,46,47,48). The van der Waals surface area contributed by atoms with Crippen LogP contribution in [0.25, 0.3) is 5.57 Å². The largest absolute Gasteiger partial charge is 0.356 e. The molecule has 1 aliphatic carbocycles. The highest BCUT2D eigenvalue weighted by molar-refractivity contribution is 7.86. The van der Waals surface area contributed by atoms with Gasteiger partial charge in [0.1, 0.15) is 0 Å². The van der Waals surface area contributed by atoms with E-state index >= 15 is 0 Å². The Balaban J connectivity index is 1.24. The van der Waals surface area contributed by atoms with Gasteiger partial charge in [-0.1, -0.05) is 54.1 Å². The topological polar surface area (TPSA) is 145 Å². The number of benzene rings is 5. The van der Waals surface area contributed by atoms with Gasteiger partial charge in [-0.15, -0.1) is 0 Å². The van der Waals surface area contributed by atoms with Crippen molar-refractivity contribution in [3.8, 4) is 0 Å². The van der Waals surface area contributed by atoms with Crippen molar-refractivity contribution < 1.29 is 25.9 Å². The molecular formula is C39H33N3O6S2. The van der Waals surface area contributed by atoms with E-state index in [-0.39, 0.29) is 9.79 Å². The SMILES string of the molecule is Cc1ccc(N=C2C=CC(=C(Cc3ccc(Nc4ccc(S(=O)(=O)O)cc4)cc3)c3ccc(Nc4ccc(S(=O)(=O)O)cc4)cc3)C=C2)cc1. The van der Waals surface area contributed by atoms with Crippen molar-refractivity contribution in [2.24, 2.45) is 4.99 Å². The van der Waals surface area contributed by atoms with E-state index in [9.17, 15) is 25.9 Å². The Morgan fingerprint density at radius 1 is 0.560 bits per heavy atom. The third kappa shape index (κ3) is 8.90. The van der Waals surface area contributed by atoms with E-state index in [4.69, 9.17) is 4.99 Å². The van der Waals surface area contributed by atoms with Gasteiger partial charge in [0.15, 0.2) is 0 Å². The molecule has 0 unspecified atom stereocenters. The lowest BCUT2D eigenvalue weighted by Crippen LogP contribution is -2.00. The van der Waals surface area contributed by atoms with Gasteiger partial charge in [-0.2, -0.15) is 16.8 Å². The molecular weight excluding hydrogens is 671 g/mol. The van der Waals surface area contributed by atoms with Crippen LogP contribution in [0.1, 0.15) is 16.7 Å². The number of anilines is 4. The molecule has 0 saturated carbocycles. The molecule has 50 heavy (non-hydrogen) atoms. The van der Waals surface area contributed by atoms with Crippen LogP contribution in [0.4, 0.5) is 28.4 Å². The Labute approximate surface area is 291 Å². The van der Waals surface area contributed by atoms with Gasteiger partial charge in [-0.25, -0.2) is 4.99 Å². The smallest absolute Gasteiger partial charge is 0.294 e. The minimum Gasteiger partial charge on any atom is -0.356 e. The first-order chi connectivity index (χ1) is 23.9. The quantitative estimate of drug-likeness (QED) is 0.106. The molecule has 6 rings (SSSR count). The van der Waals surface area contributed by atoms with Crippen molar-refractivity contribution in [2.75, 3.05) is 10.6 Å². The van der Waals surface area contributed by atoms with E-state index < -0.39 is 20.2 Å². The Hall–Kier alpha value is -5.59. The minimum atomic E-state index is -4.27. The molecule has 0 fully saturated rings. The molecule has 5 aromatic carbocycles. The predicted octanol–water partition coefficient (Wildman–Crippen LogP) is 8.87. The van der Waals surface area contributed by atoms with Gasteiger partial charge in [0.2, 0.25) is 0 Å². The van der Waals surface area contributed by atoms with Gasteiger partial charge in [0.05, 0.1) is 21.2 Å². The molecule has 4 N–H and O–H groups in total. The summed E-state index contributed by atoms with van der Waals surface area (Å²) in [6.45, 7) is 2.04. The second-order valence-electron chi connectivity index (χ2n) is 11.7. The predicted molar refractivity (Wildman–Crippen MR) is 199 cm³/mol. The van der Waals surface area contributed by atoms with Crippen LogP contribution in [0.5, 0.6) is 0 Å². The highest BCUT2D eigenvalue weighted by atomic mass is 32.2. The summed E-state index contributed by atoms with van der Waals surface area (Å²) in [6, 6.07) is 35.7. The molecule has 0 aromatic heterocycles. The van der Waals surface area contributed by atoms with Crippen LogP contribution in [0.15, 0.2) is 166 Å². The number of aryl methyl sites for hydroxylation is 1. The summed E-state index contributed by atoms with van der Waals surface area (Å²) in [5.41, 5.74) is 10.1. The Morgan fingerprint density at radius 3 is 1.42 bits per heavy atom. The molecule has 0 heterocycles. The first kappa shape index (κ1) is 34.3. The number of allylic oxidation sites excluding steroid dienone is 6. The van der Waals surface area contributed by atoms with E-state index in [1.807, 2.05) is 91.9 Å². The van der Waals surface area contributed by atoms with Gasteiger partial charge >= 0.3 is 0 Å². The van der Waals surface area contributed by atoms with E-state index in [1.54, 1.807) is 24.3 Å². The lowest BCUT2D eigenvalue weighted by Gasteiger charge is -2.16. The third-order valence-corrected chi connectivity index (χ3v) is 9.69. The van der Waals surface area contributed by atoms with Gasteiger partial charge in [-0.05, 0) is 133 Å². The van der Waals surface area contributed by atoms with Crippen molar-refractivity contribution in [3.05, 3.63) is 168 Å². The fourth-order valence-electron chi connectivity index (χ4n) is 5.29. The summed E-state index contributed by atoms with van der Waals surface area (Å²) in [5.74, 6) is 0. The van der Waals surface area contributed by atoms with Crippen LogP contribution in [-0.4, -0.2) is 31.7 Å². The van der Waals surface area contributed by atoms with E-state index in [0.717, 1.165) is 45.0 Å². The Morgan fingerprint density at radius 2 is 0.980 bits per heavy atom. The van der Waals surface area contributed by atoms with Crippen molar-refractivity contribution >= 4 is 60.0 Å². The normalized spacial score (nSPS) is 12.9. The zero-order valence-corrected chi connectivity index (χ0v) is 28.5. The van der Waals surface area contributed by atoms with Gasteiger partial charge in [0, 0.05) is 22.7 Å². The summed E-state index contributed by atoms with van der Waals surface area (Å²) in [7, 11) is -8.53. The lowest BCUT2D eigenvalue weighted by molar-refractivity contribution is 0.481. The third-order valence-electron chi connectivity index (χ3n) is 7.96. The number of aliphatic imine (C=N–C) groups is 1. The summed E-state index contributed by atoms with van der Waals surface area (Å²) in [4.78, 5) is 4.41. The Kier molecular flexibility index (Phi) is 9.93. The second-order valence-corrected chi connectivity index (χ2v) is 14.5. The minimum absolute atomic E-state index is 0.170. The summed E-state index contributed by atoms with van der Waals surface area (Å²) in [5, 5.41) is 6.51. The van der Waals surface area contributed by atoms with Crippen LogP contribution in [0.3, 0.4) is 0 Å². The molecule has 0 atom stereocenters. The molecule has 0 bridgehead atoms. The van der Waals surface area contributed by atoms with Gasteiger partial charge in [0.25, 0.3) is 20.2 Å². The van der Waals surface area contributed by atoms with Crippen LogP contribution in [-0.2, 0) is 26.7 Å². The molecule has 11 heteroatoms. The van der Waals surface area contributed by atoms with Crippen molar-refractivity contribution in [1.29, 1.82) is 0 Å². The van der Waals surface area contributed by atoms with E-state index in [0.29, 0.717) is 17.8 Å². The molecule has 5 aromatic rings. The lowest BCUT2D eigenvalue weighted by atomic mass is 9.91. The zero-order valence-electron chi connectivity index (χ0n) is 26.9. The molecule has 0 radical (unpaired) electrons. The van der Waals surface area contributed by atoms with Gasteiger partial charge in [-0.3, -0.25) is 9.11 Å². The second kappa shape index (κ2) is 14.5. The maximum atomic E-state index is 11.4. The average Bonchev–Trinajstić information content (AvgIpc) is 3.10. The number of rotatable bonds is 10. The molecule has 0 amide bonds. The Bertz CT molecular complexity index is 2330. The maximum Gasteiger partial charge on any atom is 0.294 e. The highest BCUT2D eigenvalue weighted by Crippen LogP contribution is 2.30. The zero-order chi connectivity index (χ0) is 35.3. The number of hydrogen-bond donors (Lipinski definition) is 4. The fraction of sp³-hybridized carbons (Fsp3) is 0.0513. The summed E-state index contributed by atoms with van der Waals surface area (Å²) in [6.07, 6.45) is 8.76. The molecule has 252 valence electrons. The molecule has 0 saturated heterocycles. The van der Waals surface area contributed by atoms with Crippen molar-refractivity contribution in [2.45, 2.75) is 23.1 Å². The van der Waals surface area contributed by atoms with E-state index in [1.165, 1.54) is 29.8 Å². The van der Waals surface area contributed by atoms with Crippen molar-refractivity contribution in [1.82, 2.24) is 0 Å². The molecule has 9 nitrogen and oxygen atoms in total. The summed E-state index contributed by atoms with van der Waals surface area (Å²) >= 11 is 0. The molecule has 1 aliphatic rings. The first-order valence-electron chi connectivity index (χ1n) is 15.5. The number of nitrogens with zero attached hydrogens (tertiary/aromatic N) is 1. The van der Waals surface area contributed by atoms with Crippen molar-refractivity contribution in [3.63, 3.8) is 0 Å². The molecule has 0 spiro atoms. The monoisotopic (exact) mass is 703 g/mol. The first-order valence-corrected chi connectivity index (χ1v) is 18.4. The van der Waals surface area contributed by atoms with E-state index in [2.05, 4.69) is 22.8 Å². The number of nitrogens with one attached hydrogen (secondary N) is 2. The highest BCUT2D eigenvalue weighted by Gasteiger charge is 2.13. The average molecular weight is 704 g/mol. The van der Waals surface area contributed by atoms with Crippen LogP contribution >= 0.6 is 0 Å². The fourth-order valence-corrected chi connectivity index (χ4v) is 6.25. The van der Waals surface area contributed by atoms with Crippen LogP contribution in [0.2, 0.25) is 0 Å². The van der Waals surface area contributed by atoms with Crippen LogP contribution < -0.4 is 10.6 Å². The summed E-state index contributed by atoms with van der Waals surface area (Å²) < 4.78 is 64.0. The van der Waals surface area contributed by atoms with Crippen LogP contribution in [0, 0.1) is 6.92 Å². The van der Waals surface area contributed by atoms with Gasteiger partial charge < -0.3 is 10.6 Å².